The van der Waals surface area contributed by atoms with Gasteiger partial charge in [-0.1, -0.05) is 153 Å². The lowest BCUT2D eigenvalue weighted by atomic mass is 9.78. The largest absolute Gasteiger partial charge is 0.456 e. The van der Waals surface area contributed by atoms with Gasteiger partial charge in [0.25, 0.3) is 0 Å². The van der Waals surface area contributed by atoms with Crippen molar-refractivity contribution in [2.75, 3.05) is 0 Å². The molecule has 324 valence electrons. The van der Waals surface area contributed by atoms with Gasteiger partial charge in [0.2, 0.25) is 0 Å². The molecule has 0 spiro atoms. The molecule has 0 saturated heterocycles. The molecular weight excluding hydrogens is 829 g/mol. The number of aromatic nitrogens is 1. The third-order valence-corrected chi connectivity index (χ3v) is 15.0. The molecule has 3 unspecified atom stereocenters. The predicted octanol–water partition coefficient (Wildman–Crippen LogP) is 17.7. The summed E-state index contributed by atoms with van der Waals surface area (Å²) >= 11 is 0. The minimum atomic E-state index is -0.198. The Morgan fingerprint density at radius 3 is 1.82 bits per heavy atom. The van der Waals surface area contributed by atoms with Crippen molar-refractivity contribution in [1.29, 1.82) is 0 Å². The number of aliphatic imine (C=N–C) groups is 1. The first-order valence-electron chi connectivity index (χ1n) is 24.0. The van der Waals surface area contributed by atoms with Gasteiger partial charge in [-0.15, -0.1) is 0 Å². The van der Waals surface area contributed by atoms with Crippen LogP contribution < -0.4 is 0 Å². The van der Waals surface area contributed by atoms with Crippen molar-refractivity contribution >= 4 is 109 Å². The highest BCUT2D eigenvalue weighted by molar-refractivity contribution is 6.22. The van der Waals surface area contributed by atoms with E-state index in [2.05, 4.69) is 213 Å². The number of nitrogens with zero attached hydrogens (tertiary/aromatic N) is 2. The molecule has 0 fully saturated rings. The summed E-state index contributed by atoms with van der Waals surface area (Å²) in [4.78, 5) is 6.19. The normalized spacial score (nSPS) is 17.8. The molecule has 14 rings (SSSR count). The van der Waals surface area contributed by atoms with Crippen LogP contribution in [0.3, 0.4) is 0 Å². The molecule has 3 atom stereocenters. The lowest BCUT2D eigenvalue weighted by Gasteiger charge is -2.32. The highest BCUT2D eigenvalue weighted by atomic mass is 16.3. The third-order valence-electron chi connectivity index (χ3n) is 15.0. The van der Waals surface area contributed by atoms with Crippen LogP contribution in [-0.2, 0) is 0 Å². The summed E-state index contributed by atoms with van der Waals surface area (Å²) < 4.78 is 15.9. The van der Waals surface area contributed by atoms with E-state index in [-0.39, 0.29) is 17.9 Å². The molecule has 0 amide bonds. The second-order valence-corrected chi connectivity index (χ2v) is 18.9. The molecule has 0 saturated carbocycles. The Morgan fingerprint density at radius 2 is 1.10 bits per heavy atom. The average molecular weight is 875 g/mol. The Labute approximate surface area is 393 Å². The van der Waals surface area contributed by atoms with Gasteiger partial charge < -0.3 is 13.4 Å². The van der Waals surface area contributed by atoms with E-state index < -0.39 is 0 Å². The molecule has 4 nitrogen and oxygen atoms in total. The Bertz CT molecular complexity index is 4160. The highest BCUT2D eigenvalue weighted by Crippen LogP contribution is 2.46. The number of benzene rings is 10. The number of furan rings is 2. The molecule has 1 aliphatic heterocycles. The molecule has 4 heterocycles. The fourth-order valence-electron chi connectivity index (χ4n) is 11.7. The fraction of sp³-hybridized carbons (Fsp3) is 0.109. The number of hydrogen-bond donors (Lipinski definition) is 0. The van der Waals surface area contributed by atoms with Crippen molar-refractivity contribution in [1.82, 2.24) is 4.57 Å². The van der Waals surface area contributed by atoms with Crippen LogP contribution in [0.2, 0.25) is 0 Å². The molecule has 0 N–H and O–H groups in total. The lowest BCUT2D eigenvalue weighted by molar-refractivity contribution is 0.514. The Hall–Kier alpha value is -8.21. The summed E-state index contributed by atoms with van der Waals surface area (Å²) in [7, 11) is 0. The fourth-order valence-corrected chi connectivity index (χ4v) is 11.7. The first-order valence-corrected chi connectivity index (χ1v) is 24.0. The molecule has 4 heteroatoms. The highest BCUT2D eigenvalue weighted by Gasteiger charge is 2.32. The maximum Gasteiger partial charge on any atom is 0.136 e. The summed E-state index contributed by atoms with van der Waals surface area (Å²) in [6.07, 6.45) is 4.27. The Kier molecular flexibility index (Phi) is 8.70. The van der Waals surface area contributed by atoms with Crippen LogP contribution in [0.1, 0.15) is 49.4 Å². The summed E-state index contributed by atoms with van der Waals surface area (Å²) in [6.45, 7) is 4.68. The molecule has 68 heavy (non-hydrogen) atoms. The SMILES string of the molecule is CCC1/C(c2ccccc2)=C/CC(C)C(c2cc3oc4ccc5ccccc5c4c3cc2-n2c3cc4ccccc4cc3c3cc4ccccc4cc32)=NC1c1ccc2oc3ccccc3c2c1. The van der Waals surface area contributed by atoms with Gasteiger partial charge in [0.05, 0.1) is 22.8 Å². The summed E-state index contributed by atoms with van der Waals surface area (Å²) in [5.74, 6) is 0.162. The average Bonchev–Trinajstić information content (AvgIpc) is 4.04. The lowest BCUT2D eigenvalue weighted by Crippen LogP contribution is -2.23. The molecule has 10 aromatic carbocycles. The van der Waals surface area contributed by atoms with Gasteiger partial charge in [0, 0.05) is 55.4 Å². The number of hydrogen-bond acceptors (Lipinski definition) is 3. The van der Waals surface area contributed by atoms with Crippen molar-refractivity contribution in [2.24, 2.45) is 16.8 Å². The Morgan fingerprint density at radius 1 is 0.500 bits per heavy atom. The van der Waals surface area contributed by atoms with Crippen LogP contribution >= 0.6 is 0 Å². The quantitative estimate of drug-likeness (QED) is 0.173. The van der Waals surface area contributed by atoms with E-state index in [0.29, 0.717) is 0 Å². The first kappa shape index (κ1) is 39.0. The molecule has 0 bridgehead atoms. The van der Waals surface area contributed by atoms with Crippen molar-refractivity contribution < 1.29 is 8.83 Å². The van der Waals surface area contributed by atoms with Gasteiger partial charge in [-0.2, -0.15) is 0 Å². The van der Waals surface area contributed by atoms with Gasteiger partial charge in [-0.05, 0) is 123 Å². The van der Waals surface area contributed by atoms with Crippen molar-refractivity contribution in [3.63, 3.8) is 0 Å². The van der Waals surface area contributed by atoms with Crippen molar-refractivity contribution in [2.45, 2.75) is 32.7 Å². The number of rotatable bonds is 5. The summed E-state index contributed by atoms with van der Waals surface area (Å²) in [6, 6.07) is 70.7. The van der Waals surface area contributed by atoms with E-state index >= 15 is 0 Å². The van der Waals surface area contributed by atoms with Crippen LogP contribution in [0.25, 0.3) is 109 Å². The second-order valence-electron chi connectivity index (χ2n) is 18.9. The number of fused-ring (bicyclic) bond motifs is 13. The zero-order chi connectivity index (χ0) is 45.0. The summed E-state index contributed by atoms with van der Waals surface area (Å²) in [5, 5.41) is 14.2. The minimum Gasteiger partial charge on any atom is -0.456 e. The van der Waals surface area contributed by atoms with E-state index in [0.717, 1.165) is 84.7 Å². The van der Waals surface area contributed by atoms with Crippen molar-refractivity contribution in [3.8, 4) is 5.69 Å². The van der Waals surface area contributed by atoms with Gasteiger partial charge >= 0.3 is 0 Å². The zero-order valence-electron chi connectivity index (χ0n) is 37.9. The second kappa shape index (κ2) is 15.2. The van der Waals surface area contributed by atoms with E-state index in [1.165, 1.54) is 59.8 Å². The van der Waals surface area contributed by atoms with E-state index in [9.17, 15) is 0 Å². The maximum atomic E-state index is 6.97. The van der Waals surface area contributed by atoms with Gasteiger partial charge in [0.15, 0.2) is 0 Å². The van der Waals surface area contributed by atoms with Crippen LogP contribution in [0.5, 0.6) is 0 Å². The molecular formula is C64H46N2O2. The molecule has 13 aromatic rings. The predicted molar refractivity (Wildman–Crippen MR) is 286 cm³/mol. The number of allylic oxidation sites excluding steroid dienone is 1. The number of para-hydroxylation sites is 1. The van der Waals surface area contributed by atoms with E-state index in [4.69, 9.17) is 13.8 Å². The van der Waals surface area contributed by atoms with Crippen LogP contribution in [0, 0.1) is 11.8 Å². The third kappa shape index (κ3) is 5.96. The van der Waals surface area contributed by atoms with E-state index in [1.54, 1.807) is 0 Å². The van der Waals surface area contributed by atoms with Crippen LogP contribution in [0.4, 0.5) is 0 Å². The minimum absolute atomic E-state index is 0.0589. The molecule has 3 aromatic heterocycles. The molecule has 0 aliphatic carbocycles. The van der Waals surface area contributed by atoms with Crippen molar-refractivity contribution in [3.05, 3.63) is 217 Å². The molecule has 0 radical (unpaired) electrons. The Balaban J connectivity index is 1.11. The monoisotopic (exact) mass is 874 g/mol. The summed E-state index contributed by atoms with van der Waals surface area (Å²) in [5.41, 5.74) is 12.9. The first-order chi connectivity index (χ1) is 33.6. The standard InChI is InChI=1S/C64H46N2O2/c1-3-46-47(39-15-5-4-6-16-39)28-25-38(2)63(65-64(46)45-27-29-59-52(33-45)49-23-13-14-24-58(49)67-59)53-37-61-54(62-48-22-12-11-17-40(48)26-30-60(62)68-61)36-57(53)66-55-34-43-20-9-7-18-41(43)31-50(55)51-32-42-19-8-10-21-44(42)35-56(51)66/h4-24,26-38,46,64H,3,25H2,1-2H3/b47-28+,65-63?. The van der Waals surface area contributed by atoms with Gasteiger partial charge in [-0.3, -0.25) is 4.99 Å². The van der Waals surface area contributed by atoms with Gasteiger partial charge in [-0.25, -0.2) is 0 Å². The van der Waals surface area contributed by atoms with Gasteiger partial charge in [0.1, 0.15) is 22.3 Å². The van der Waals surface area contributed by atoms with Crippen LogP contribution in [0.15, 0.2) is 214 Å². The zero-order valence-corrected chi connectivity index (χ0v) is 37.9. The maximum absolute atomic E-state index is 6.97. The molecule has 1 aliphatic rings. The van der Waals surface area contributed by atoms with Crippen LogP contribution in [-0.4, -0.2) is 10.3 Å². The topological polar surface area (TPSA) is 43.6 Å². The smallest absolute Gasteiger partial charge is 0.136 e. The van der Waals surface area contributed by atoms with E-state index in [1.807, 2.05) is 6.07 Å².